The topological polar surface area (TPSA) is 69.2 Å². The van der Waals surface area contributed by atoms with Crippen LogP contribution in [-0.2, 0) is 4.79 Å². The average Bonchev–Trinajstić information content (AvgIpc) is 2.15. The van der Waals surface area contributed by atoms with Crippen molar-refractivity contribution in [1.82, 2.24) is 0 Å². The van der Waals surface area contributed by atoms with Crippen molar-refractivity contribution < 1.29 is 19.1 Å². The number of aromatic carboxylic acids is 1. The zero-order valence-corrected chi connectivity index (χ0v) is 9.83. The van der Waals surface area contributed by atoms with E-state index in [9.17, 15) is 19.1 Å². The number of carboxylic acids is 1. The molecular weight excluding hydrogens is 225 g/mol. The number of carboxylic acid groups (broad SMARTS) is 1. The van der Waals surface area contributed by atoms with E-state index in [1.165, 1.54) is 12.1 Å². The van der Waals surface area contributed by atoms with E-state index in [-0.39, 0.29) is 5.69 Å². The van der Waals surface area contributed by atoms with Crippen molar-refractivity contribution in [1.29, 1.82) is 0 Å². The van der Waals surface area contributed by atoms with Gasteiger partial charge >= 0.3 is 0 Å². The fourth-order valence-corrected chi connectivity index (χ4v) is 1.15. The molecule has 0 atom stereocenters. The van der Waals surface area contributed by atoms with Gasteiger partial charge in [0.05, 0.1) is 17.2 Å². The lowest BCUT2D eigenvalue weighted by Crippen LogP contribution is -2.30. The molecule has 92 valence electrons. The second kappa shape index (κ2) is 4.53. The molecule has 1 N–H and O–H groups in total. The molecule has 0 aromatic heterocycles. The highest BCUT2D eigenvalue weighted by Crippen LogP contribution is 2.22. The molecule has 0 fully saturated rings. The van der Waals surface area contributed by atoms with Gasteiger partial charge in [-0.05, 0) is 12.1 Å². The SMILES string of the molecule is CC(C)(C)C(=O)Nc1cccc(F)c1C(=O)[O-]. The smallest absolute Gasteiger partial charge is 0.229 e. The lowest BCUT2D eigenvalue weighted by molar-refractivity contribution is -0.255. The molecule has 1 amide bonds. The van der Waals surface area contributed by atoms with E-state index >= 15 is 0 Å². The predicted octanol–water partition coefficient (Wildman–Crippen LogP) is 1.17. The second-order valence-corrected chi connectivity index (χ2v) is 4.65. The number of hydrogen-bond donors (Lipinski definition) is 1. The van der Waals surface area contributed by atoms with Gasteiger partial charge in [-0.25, -0.2) is 4.39 Å². The van der Waals surface area contributed by atoms with Gasteiger partial charge in [-0.3, -0.25) is 4.79 Å². The summed E-state index contributed by atoms with van der Waals surface area (Å²) in [5.41, 5.74) is -1.43. The van der Waals surface area contributed by atoms with Crippen LogP contribution in [0.15, 0.2) is 18.2 Å². The van der Waals surface area contributed by atoms with Crippen molar-refractivity contribution in [3.05, 3.63) is 29.6 Å². The lowest BCUT2D eigenvalue weighted by atomic mass is 9.95. The van der Waals surface area contributed by atoms with Gasteiger partial charge < -0.3 is 15.2 Å². The van der Waals surface area contributed by atoms with E-state index in [0.717, 1.165) is 6.07 Å². The zero-order valence-electron chi connectivity index (χ0n) is 9.83. The molecule has 0 aliphatic heterocycles. The maximum Gasteiger partial charge on any atom is 0.229 e. The Morgan fingerprint density at radius 2 is 1.88 bits per heavy atom. The maximum atomic E-state index is 13.3. The van der Waals surface area contributed by atoms with E-state index in [2.05, 4.69) is 5.32 Å². The first-order chi connectivity index (χ1) is 7.73. The summed E-state index contributed by atoms with van der Waals surface area (Å²) in [6, 6.07) is 3.63. The number of nitrogens with one attached hydrogen (secondary N) is 1. The van der Waals surface area contributed by atoms with Crippen LogP contribution < -0.4 is 10.4 Å². The summed E-state index contributed by atoms with van der Waals surface area (Å²) in [6.45, 7) is 5.00. The fourth-order valence-electron chi connectivity index (χ4n) is 1.15. The van der Waals surface area contributed by atoms with Crippen LogP contribution in [0.3, 0.4) is 0 Å². The van der Waals surface area contributed by atoms with E-state index in [0.29, 0.717) is 0 Å². The number of carbonyl (C=O) groups is 2. The van der Waals surface area contributed by atoms with Crippen LogP contribution >= 0.6 is 0 Å². The first-order valence-corrected chi connectivity index (χ1v) is 5.05. The molecule has 17 heavy (non-hydrogen) atoms. The number of anilines is 1. The third kappa shape index (κ3) is 3.03. The number of benzene rings is 1. The maximum absolute atomic E-state index is 13.3. The first-order valence-electron chi connectivity index (χ1n) is 5.05. The highest BCUT2D eigenvalue weighted by molar-refractivity contribution is 6.01. The summed E-state index contributed by atoms with van der Waals surface area (Å²) in [7, 11) is 0. The van der Waals surface area contributed by atoms with Crippen molar-refractivity contribution in [2.45, 2.75) is 20.8 Å². The summed E-state index contributed by atoms with van der Waals surface area (Å²) < 4.78 is 13.3. The van der Waals surface area contributed by atoms with Crippen LogP contribution in [0, 0.1) is 11.2 Å². The Morgan fingerprint density at radius 3 is 2.35 bits per heavy atom. The summed E-state index contributed by atoms with van der Waals surface area (Å²) >= 11 is 0. The van der Waals surface area contributed by atoms with Crippen LogP contribution in [0.2, 0.25) is 0 Å². The molecule has 0 unspecified atom stereocenters. The van der Waals surface area contributed by atoms with Crippen molar-refractivity contribution >= 4 is 17.6 Å². The van der Waals surface area contributed by atoms with Gasteiger partial charge in [0.2, 0.25) is 5.91 Å². The van der Waals surface area contributed by atoms with Crippen molar-refractivity contribution in [2.75, 3.05) is 5.32 Å². The van der Waals surface area contributed by atoms with E-state index < -0.39 is 28.7 Å². The minimum atomic E-state index is -1.66. The van der Waals surface area contributed by atoms with Crippen molar-refractivity contribution in [2.24, 2.45) is 5.41 Å². The first kappa shape index (κ1) is 13.2. The molecule has 0 aliphatic rings. The average molecular weight is 238 g/mol. The molecule has 1 aromatic carbocycles. The molecule has 0 aliphatic carbocycles. The molecule has 0 heterocycles. The van der Waals surface area contributed by atoms with Crippen LogP contribution in [0.4, 0.5) is 10.1 Å². The summed E-state index contributed by atoms with van der Waals surface area (Å²) in [4.78, 5) is 22.4. The quantitative estimate of drug-likeness (QED) is 0.840. The minimum absolute atomic E-state index is 0.0927. The Balaban J connectivity index is 3.12. The predicted molar refractivity (Wildman–Crippen MR) is 58.8 cm³/mol. The third-order valence-corrected chi connectivity index (χ3v) is 2.15. The van der Waals surface area contributed by atoms with Crippen molar-refractivity contribution in [3.63, 3.8) is 0 Å². The number of halogens is 1. The van der Waals surface area contributed by atoms with Gasteiger partial charge in [0.1, 0.15) is 5.82 Å². The summed E-state index contributed by atoms with van der Waals surface area (Å²) in [5.74, 6) is -2.99. The summed E-state index contributed by atoms with van der Waals surface area (Å²) in [5, 5.41) is 13.1. The van der Waals surface area contributed by atoms with Crippen LogP contribution in [0.25, 0.3) is 0 Å². The van der Waals surface area contributed by atoms with Crippen LogP contribution in [0.5, 0.6) is 0 Å². The largest absolute Gasteiger partial charge is 0.545 e. The number of carbonyl (C=O) groups excluding carboxylic acids is 2. The molecule has 1 rings (SSSR count). The van der Waals surface area contributed by atoms with Crippen molar-refractivity contribution in [3.8, 4) is 0 Å². The van der Waals surface area contributed by atoms with E-state index in [1.807, 2.05) is 0 Å². The highest BCUT2D eigenvalue weighted by Gasteiger charge is 2.22. The monoisotopic (exact) mass is 238 g/mol. The molecule has 1 aromatic rings. The molecule has 0 bridgehead atoms. The Kier molecular flexibility index (Phi) is 3.50. The molecule has 0 saturated heterocycles. The van der Waals surface area contributed by atoms with Gasteiger partial charge in [-0.2, -0.15) is 0 Å². The normalized spacial score (nSPS) is 11.1. The van der Waals surface area contributed by atoms with E-state index in [1.54, 1.807) is 20.8 Å². The highest BCUT2D eigenvalue weighted by atomic mass is 19.1. The van der Waals surface area contributed by atoms with Gasteiger partial charge in [0.15, 0.2) is 0 Å². The van der Waals surface area contributed by atoms with Gasteiger partial charge in [0, 0.05) is 5.41 Å². The fraction of sp³-hybridized carbons (Fsp3) is 0.333. The second-order valence-electron chi connectivity index (χ2n) is 4.65. The van der Waals surface area contributed by atoms with Gasteiger partial charge in [-0.1, -0.05) is 26.8 Å². The summed E-state index contributed by atoms with van der Waals surface area (Å²) in [6.07, 6.45) is 0. The number of amides is 1. The Labute approximate surface area is 98.5 Å². The molecule has 0 saturated carbocycles. The van der Waals surface area contributed by atoms with Crippen LogP contribution in [-0.4, -0.2) is 11.9 Å². The minimum Gasteiger partial charge on any atom is -0.545 e. The van der Waals surface area contributed by atoms with Gasteiger partial charge in [-0.15, -0.1) is 0 Å². The molecule has 4 nitrogen and oxygen atoms in total. The third-order valence-electron chi connectivity index (χ3n) is 2.15. The Bertz CT molecular complexity index is 463. The number of hydrogen-bond acceptors (Lipinski definition) is 3. The van der Waals surface area contributed by atoms with Gasteiger partial charge in [0.25, 0.3) is 0 Å². The van der Waals surface area contributed by atoms with Crippen LogP contribution in [0.1, 0.15) is 31.1 Å². The lowest BCUT2D eigenvalue weighted by Gasteiger charge is -2.19. The van der Waals surface area contributed by atoms with E-state index in [4.69, 9.17) is 0 Å². The molecule has 0 spiro atoms. The standard InChI is InChI=1S/C12H14FNO3/c1-12(2,3)11(17)14-8-6-4-5-7(13)9(8)10(15)16/h4-6H,1-3H3,(H,14,17)(H,15,16)/p-1. The Morgan fingerprint density at radius 1 is 1.29 bits per heavy atom. The number of rotatable bonds is 2. The Hall–Kier alpha value is -1.91. The molecule has 5 heteroatoms. The zero-order chi connectivity index (χ0) is 13.2. The molecule has 0 radical (unpaired) electrons. The molecular formula is C12H13FNO3-.